The third kappa shape index (κ3) is 4.33. The molecule has 1 unspecified atom stereocenters. The molecule has 156 valence electrons. The predicted octanol–water partition coefficient (Wildman–Crippen LogP) is 3.97. The van der Waals surface area contributed by atoms with Crippen molar-refractivity contribution in [2.45, 2.75) is 5.92 Å². The maximum Gasteiger partial charge on any atom is 0.241 e. The van der Waals surface area contributed by atoms with Gasteiger partial charge in [0, 0.05) is 5.69 Å². The van der Waals surface area contributed by atoms with Crippen molar-refractivity contribution in [1.82, 2.24) is 9.97 Å². The molecule has 31 heavy (non-hydrogen) atoms. The molecule has 2 aromatic carbocycles. The van der Waals surface area contributed by atoms with E-state index in [4.69, 9.17) is 10.5 Å². The standard InChI is InChI=1S/C21H14F2N4O3S/c22-12-2-4-13(5-3-12)27-19(29)17(18(24)28)11-1-6-16(15(23)9-11)30-20-14-7-8-31-21(14)26-10-25-20/h1-10,17H,(H2,24,28)(H,27,29). The summed E-state index contributed by atoms with van der Waals surface area (Å²) in [5, 5.41) is 4.90. The van der Waals surface area contributed by atoms with Crippen LogP contribution >= 0.6 is 11.3 Å². The van der Waals surface area contributed by atoms with Gasteiger partial charge >= 0.3 is 0 Å². The minimum absolute atomic E-state index is 0.0420. The van der Waals surface area contributed by atoms with Crippen molar-refractivity contribution in [3.63, 3.8) is 0 Å². The third-order valence-electron chi connectivity index (χ3n) is 4.38. The number of primary amides is 1. The first kappa shape index (κ1) is 20.4. The van der Waals surface area contributed by atoms with Gasteiger partial charge in [-0.25, -0.2) is 18.7 Å². The van der Waals surface area contributed by atoms with Crippen molar-refractivity contribution in [2.75, 3.05) is 5.32 Å². The van der Waals surface area contributed by atoms with Crippen LogP contribution in [0.1, 0.15) is 11.5 Å². The van der Waals surface area contributed by atoms with Gasteiger partial charge < -0.3 is 15.8 Å². The van der Waals surface area contributed by atoms with Gasteiger partial charge in [-0.05, 0) is 53.4 Å². The summed E-state index contributed by atoms with van der Waals surface area (Å²) < 4.78 is 33.3. The summed E-state index contributed by atoms with van der Waals surface area (Å²) in [6.45, 7) is 0. The molecule has 3 N–H and O–H groups in total. The van der Waals surface area contributed by atoms with Crippen LogP contribution < -0.4 is 15.8 Å². The number of benzene rings is 2. The van der Waals surface area contributed by atoms with E-state index in [2.05, 4.69) is 15.3 Å². The molecule has 0 aliphatic carbocycles. The van der Waals surface area contributed by atoms with E-state index in [9.17, 15) is 18.4 Å². The predicted molar refractivity (Wildman–Crippen MR) is 111 cm³/mol. The number of thiophene rings is 1. The lowest BCUT2D eigenvalue weighted by molar-refractivity contribution is -0.127. The first-order valence-corrected chi connectivity index (χ1v) is 9.81. The van der Waals surface area contributed by atoms with E-state index in [0.29, 0.717) is 10.2 Å². The second kappa shape index (κ2) is 8.44. The zero-order valence-electron chi connectivity index (χ0n) is 15.7. The average Bonchev–Trinajstić information content (AvgIpc) is 3.21. The first-order chi connectivity index (χ1) is 14.9. The lowest BCUT2D eigenvalue weighted by Crippen LogP contribution is -2.32. The summed E-state index contributed by atoms with van der Waals surface area (Å²) in [5.74, 6) is -4.45. The number of nitrogens with zero attached hydrogens (tertiary/aromatic N) is 2. The van der Waals surface area contributed by atoms with Crippen LogP contribution in [-0.4, -0.2) is 21.8 Å². The maximum absolute atomic E-state index is 14.7. The number of rotatable bonds is 6. The summed E-state index contributed by atoms with van der Waals surface area (Å²) in [4.78, 5) is 33.3. The number of anilines is 1. The van der Waals surface area contributed by atoms with E-state index in [1.54, 1.807) is 6.07 Å². The highest BCUT2D eigenvalue weighted by Gasteiger charge is 2.28. The van der Waals surface area contributed by atoms with Crippen molar-refractivity contribution in [3.8, 4) is 11.6 Å². The molecule has 0 aliphatic heterocycles. The van der Waals surface area contributed by atoms with E-state index in [-0.39, 0.29) is 22.9 Å². The number of halogens is 2. The maximum atomic E-state index is 14.7. The van der Waals surface area contributed by atoms with Crippen LogP contribution in [-0.2, 0) is 9.59 Å². The Balaban J connectivity index is 1.58. The Morgan fingerprint density at radius 1 is 1.06 bits per heavy atom. The van der Waals surface area contributed by atoms with Gasteiger partial charge in [0.2, 0.25) is 17.7 Å². The summed E-state index contributed by atoms with van der Waals surface area (Å²) in [6, 6.07) is 10.4. The molecule has 0 fully saturated rings. The van der Waals surface area contributed by atoms with Crippen molar-refractivity contribution in [1.29, 1.82) is 0 Å². The molecule has 0 saturated carbocycles. The van der Waals surface area contributed by atoms with Crippen LogP contribution in [0.15, 0.2) is 60.2 Å². The van der Waals surface area contributed by atoms with Crippen molar-refractivity contribution in [2.24, 2.45) is 5.73 Å². The zero-order valence-corrected chi connectivity index (χ0v) is 16.5. The fourth-order valence-electron chi connectivity index (χ4n) is 2.92. The molecule has 0 radical (unpaired) electrons. The highest BCUT2D eigenvalue weighted by atomic mass is 32.1. The minimum atomic E-state index is -1.46. The largest absolute Gasteiger partial charge is 0.435 e. The van der Waals surface area contributed by atoms with Gasteiger partial charge in [-0.1, -0.05) is 6.07 Å². The Labute approximate surface area is 178 Å². The smallest absolute Gasteiger partial charge is 0.241 e. The van der Waals surface area contributed by atoms with Crippen LogP contribution in [0.2, 0.25) is 0 Å². The van der Waals surface area contributed by atoms with Crippen molar-refractivity contribution >= 4 is 39.1 Å². The number of nitrogens with two attached hydrogens (primary N) is 1. The van der Waals surface area contributed by atoms with Gasteiger partial charge in [-0.15, -0.1) is 11.3 Å². The zero-order chi connectivity index (χ0) is 22.0. The number of hydrogen-bond donors (Lipinski definition) is 2. The molecule has 2 heterocycles. The molecular formula is C21H14F2N4O3S. The molecule has 0 bridgehead atoms. The molecule has 2 aromatic heterocycles. The minimum Gasteiger partial charge on any atom is -0.435 e. The molecular weight excluding hydrogens is 426 g/mol. The lowest BCUT2D eigenvalue weighted by Gasteiger charge is -2.15. The molecule has 7 nitrogen and oxygen atoms in total. The van der Waals surface area contributed by atoms with E-state index >= 15 is 0 Å². The number of carbonyl (C=O) groups is 2. The second-order valence-corrected chi connectivity index (χ2v) is 7.34. The number of amides is 2. The number of nitrogens with one attached hydrogen (secondary N) is 1. The van der Waals surface area contributed by atoms with Crippen LogP contribution in [0, 0.1) is 11.6 Å². The van der Waals surface area contributed by atoms with Gasteiger partial charge in [-0.2, -0.15) is 0 Å². The molecule has 4 aromatic rings. The Hall–Kier alpha value is -3.92. The van der Waals surface area contributed by atoms with Crippen LogP contribution in [0.5, 0.6) is 11.6 Å². The normalized spacial score (nSPS) is 11.8. The topological polar surface area (TPSA) is 107 Å². The van der Waals surface area contributed by atoms with Crippen LogP contribution in [0.3, 0.4) is 0 Å². The average molecular weight is 440 g/mol. The fraction of sp³-hybridized carbons (Fsp3) is 0.0476. The van der Waals surface area contributed by atoms with E-state index in [0.717, 1.165) is 18.2 Å². The fourth-order valence-corrected chi connectivity index (χ4v) is 3.65. The van der Waals surface area contributed by atoms with Crippen molar-refractivity contribution in [3.05, 3.63) is 77.4 Å². The number of ether oxygens (including phenoxy) is 1. The molecule has 0 aliphatic rings. The molecule has 0 spiro atoms. The molecule has 4 rings (SSSR count). The molecule has 1 atom stereocenters. The SMILES string of the molecule is NC(=O)C(C(=O)Nc1ccc(F)cc1)c1ccc(Oc2ncnc3sccc23)c(F)c1. The summed E-state index contributed by atoms with van der Waals surface area (Å²) in [5.41, 5.74) is 5.69. The first-order valence-electron chi connectivity index (χ1n) is 8.93. The van der Waals surface area contributed by atoms with Gasteiger partial charge in [-0.3, -0.25) is 9.59 Å². The van der Waals surface area contributed by atoms with Crippen molar-refractivity contribution < 1.29 is 23.1 Å². The Morgan fingerprint density at radius 2 is 1.84 bits per heavy atom. The van der Waals surface area contributed by atoms with E-state index in [1.807, 2.05) is 5.38 Å². The monoisotopic (exact) mass is 440 g/mol. The van der Waals surface area contributed by atoms with Gasteiger partial charge in [0.25, 0.3) is 0 Å². The van der Waals surface area contributed by atoms with Crippen LogP contribution in [0.4, 0.5) is 14.5 Å². The third-order valence-corrected chi connectivity index (χ3v) is 5.20. The van der Waals surface area contributed by atoms with Crippen LogP contribution in [0.25, 0.3) is 10.2 Å². The number of aromatic nitrogens is 2. The summed E-state index contributed by atoms with van der Waals surface area (Å²) >= 11 is 1.39. The Morgan fingerprint density at radius 3 is 2.55 bits per heavy atom. The number of fused-ring (bicyclic) bond motifs is 1. The molecule has 0 saturated heterocycles. The highest BCUT2D eigenvalue weighted by molar-refractivity contribution is 7.16. The Bertz CT molecular complexity index is 1280. The highest BCUT2D eigenvalue weighted by Crippen LogP contribution is 2.32. The molecule has 10 heteroatoms. The Kier molecular flexibility index (Phi) is 5.54. The number of carbonyl (C=O) groups excluding carboxylic acids is 2. The summed E-state index contributed by atoms with van der Waals surface area (Å²) in [7, 11) is 0. The van der Waals surface area contributed by atoms with Gasteiger partial charge in [0.05, 0.1) is 5.39 Å². The second-order valence-electron chi connectivity index (χ2n) is 6.44. The molecule has 2 amide bonds. The quantitative estimate of drug-likeness (QED) is 0.441. The van der Waals surface area contributed by atoms with Gasteiger partial charge in [0.15, 0.2) is 11.6 Å². The van der Waals surface area contributed by atoms with E-state index < -0.39 is 29.4 Å². The van der Waals surface area contributed by atoms with E-state index in [1.165, 1.54) is 41.9 Å². The lowest BCUT2D eigenvalue weighted by atomic mass is 9.97. The summed E-state index contributed by atoms with van der Waals surface area (Å²) in [6.07, 6.45) is 1.31. The van der Waals surface area contributed by atoms with Gasteiger partial charge in [0.1, 0.15) is 22.9 Å². The number of hydrogen-bond acceptors (Lipinski definition) is 6.